The van der Waals surface area contributed by atoms with Gasteiger partial charge in [-0.05, 0) is 31.0 Å². The van der Waals surface area contributed by atoms with E-state index in [0.717, 1.165) is 45.0 Å². The molecule has 34 heavy (non-hydrogen) atoms. The molecule has 4 rings (SSSR count). The summed E-state index contributed by atoms with van der Waals surface area (Å²) in [4.78, 5) is 16.1. The quantitative estimate of drug-likeness (QED) is 0.660. The van der Waals surface area contributed by atoms with Crippen LogP contribution < -0.4 is 25.5 Å². The highest BCUT2D eigenvalue weighted by Gasteiger charge is 2.34. The first-order chi connectivity index (χ1) is 16.5. The van der Waals surface area contributed by atoms with Gasteiger partial charge in [-0.3, -0.25) is 9.69 Å². The third-order valence-electron chi connectivity index (χ3n) is 6.39. The maximum absolute atomic E-state index is 13.8. The van der Waals surface area contributed by atoms with E-state index in [1.54, 1.807) is 30.9 Å². The Morgan fingerprint density at radius 1 is 1.15 bits per heavy atom. The first-order valence-corrected chi connectivity index (χ1v) is 11.3. The number of benzene rings is 1. The maximum atomic E-state index is 13.8. The van der Waals surface area contributed by atoms with Gasteiger partial charge in [-0.25, -0.2) is 0 Å². The van der Waals surface area contributed by atoms with Crippen molar-refractivity contribution in [3.63, 3.8) is 0 Å². The summed E-state index contributed by atoms with van der Waals surface area (Å²) in [6, 6.07) is 9.30. The van der Waals surface area contributed by atoms with Crippen LogP contribution in [0, 0.1) is 18.3 Å². The number of allylic oxidation sites excluding steroid dienone is 1. The topological polar surface area (TPSA) is 112 Å². The third kappa shape index (κ3) is 4.47. The van der Waals surface area contributed by atoms with E-state index < -0.39 is 5.92 Å². The Labute approximate surface area is 198 Å². The lowest BCUT2D eigenvalue weighted by Gasteiger charge is -2.28. The van der Waals surface area contributed by atoms with E-state index in [1.165, 1.54) is 0 Å². The summed E-state index contributed by atoms with van der Waals surface area (Å²) in [5.41, 5.74) is 8.00. The molecule has 0 aliphatic carbocycles. The molecule has 0 unspecified atom stereocenters. The lowest BCUT2D eigenvalue weighted by molar-refractivity contribution is 0.0369. The molecule has 0 spiro atoms. The Morgan fingerprint density at radius 3 is 2.56 bits per heavy atom. The molecule has 2 N–H and O–H groups in total. The fourth-order valence-electron chi connectivity index (χ4n) is 4.61. The molecule has 2 aliphatic heterocycles. The molecule has 1 aromatic carbocycles. The summed E-state index contributed by atoms with van der Waals surface area (Å²) in [6.07, 6.45) is 0.824. The van der Waals surface area contributed by atoms with Crippen LogP contribution in [0.4, 0.5) is 0 Å². The van der Waals surface area contributed by atoms with Gasteiger partial charge in [0.1, 0.15) is 17.4 Å². The molecular formula is C25H30N4O5. The number of aromatic nitrogens is 1. The number of nitriles is 1. The number of hydrogen-bond donors (Lipinski definition) is 1. The monoisotopic (exact) mass is 466 g/mol. The van der Waals surface area contributed by atoms with Crippen LogP contribution in [0.25, 0.3) is 0 Å². The fraction of sp³-hybridized carbons (Fsp3) is 0.440. The molecule has 3 heterocycles. The summed E-state index contributed by atoms with van der Waals surface area (Å²) in [5.74, 6) is 0.759. The average molecular weight is 467 g/mol. The molecule has 1 atom stereocenters. The summed E-state index contributed by atoms with van der Waals surface area (Å²) in [5, 5.41) is 9.90. The van der Waals surface area contributed by atoms with Crippen molar-refractivity contribution in [1.29, 1.82) is 5.26 Å². The van der Waals surface area contributed by atoms with Gasteiger partial charge >= 0.3 is 0 Å². The van der Waals surface area contributed by atoms with Gasteiger partial charge in [0.05, 0.1) is 38.9 Å². The average Bonchev–Trinajstić information content (AvgIpc) is 2.85. The molecule has 0 bridgehead atoms. The lowest BCUT2D eigenvalue weighted by atomic mass is 9.84. The van der Waals surface area contributed by atoms with Crippen LogP contribution in [-0.4, -0.2) is 56.5 Å². The molecule has 1 fully saturated rings. The predicted octanol–water partition coefficient (Wildman–Crippen LogP) is 2.11. The zero-order valence-electron chi connectivity index (χ0n) is 19.8. The van der Waals surface area contributed by atoms with Gasteiger partial charge in [-0.1, -0.05) is 6.07 Å². The molecule has 0 saturated carbocycles. The highest BCUT2D eigenvalue weighted by molar-refractivity contribution is 5.57. The Morgan fingerprint density at radius 2 is 1.88 bits per heavy atom. The Kier molecular flexibility index (Phi) is 7.10. The molecule has 2 aromatic rings. The second kappa shape index (κ2) is 10.2. The van der Waals surface area contributed by atoms with Crippen molar-refractivity contribution >= 4 is 0 Å². The van der Waals surface area contributed by atoms with Crippen LogP contribution in [-0.2, 0) is 11.3 Å². The molecule has 1 aromatic heterocycles. The summed E-state index contributed by atoms with van der Waals surface area (Å²) in [7, 11) is 3.10. The number of morpholine rings is 1. The Bertz CT molecular complexity index is 1190. The predicted molar refractivity (Wildman–Crippen MR) is 126 cm³/mol. The first kappa shape index (κ1) is 23.7. The Balaban J connectivity index is 1.73. The normalized spacial score (nSPS) is 18.1. The highest BCUT2D eigenvalue weighted by atomic mass is 16.5. The second-order valence-corrected chi connectivity index (χ2v) is 8.37. The van der Waals surface area contributed by atoms with Crippen molar-refractivity contribution in [2.45, 2.75) is 25.8 Å². The number of rotatable bonds is 7. The van der Waals surface area contributed by atoms with Crippen molar-refractivity contribution in [1.82, 2.24) is 9.47 Å². The van der Waals surface area contributed by atoms with Crippen LogP contribution in [0.15, 0.2) is 40.5 Å². The van der Waals surface area contributed by atoms with Crippen LogP contribution in [0.5, 0.6) is 17.2 Å². The summed E-state index contributed by atoms with van der Waals surface area (Å²) in [6.45, 7) is 6.63. The van der Waals surface area contributed by atoms with Crippen LogP contribution >= 0.6 is 0 Å². The minimum Gasteiger partial charge on any atom is -0.493 e. The largest absolute Gasteiger partial charge is 0.493 e. The SMILES string of the molecule is COc1ccc([C@@H]2C(C#N)=C(N)Oc3cc(C)n(CCCN4CCOCC4)c(=O)c32)cc1OC. The molecule has 9 nitrogen and oxygen atoms in total. The second-order valence-electron chi connectivity index (χ2n) is 8.37. The van der Waals surface area contributed by atoms with E-state index in [2.05, 4.69) is 11.0 Å². The van der Waals surface area contributed by atoms with E-state index >= 15 is 0 Å². The third-order valence-corrected chi connectivity index (χ3v) is 6.39. The van der Waals surface area contributed by atoms with E-state index in [9.17, 15) is 10.1 Å². The van der Waals surface area contributed by atoms with Gasteiger partial charge < -0.3 is 29.2 Å². The number of hydrogen-bond acceptors (Lipinski definition) is 8. The first-order valence-electron chi connectivity index (χ1n) is 11.3. The van der Waals surface area contributed by atoms with Crippen molar-refractivity contribution < 1.29 is 18.9 Å². The van der Waals surface area contributed by atoms with Crippen molar-refractivity contribution in [3.8, 4) is 23.3 Å². The molecule has 2 aliphatic rings. The molecule has 0 amide bonds. The minimum atomic E-state index is -0.674. The number of nitrogens with two attached hydrogens (primary N) is 1. The van der Waals surface area contributed by atoms with Crippen LogP contribution in [0.3, 0.4) is 0 Å². The fourth-order valence-corrected chi connectivity index (χ4v) is 4.61. The van der Waals surface area contributed by atoms with E-state index in [1.807, 2.05) is 19.1 Å². The summed E-state index contributed by atoms with van der Waals surface area (Å²) < 4.78 is 23.7. The molecular weight excluding hydrogens is 436 g/mol. The van der Waals surface area contributed by atoms with Gasteiger partial charge in [0, 0.05) is 37.9 Å². The minimum absolute atomic E-state index is 0.00125. The number of methoxy groups -OCH3 is 2. The van der Waals surface area contributed by atoms with E-state index in [0.29, 0.717) is 34.9 Å². The Hall–Kier alpha value is -3.48. The summed E-state index contributed by atoms with van der Waals surface area (Å²) >= 11 is 0. The molecule has 0 radical (unpaired) electrons. The van der Waals surface area contributed by atoms with Crippen molar-refractivity contribution in [3.05, 3.63) is 62.9 Å². The molecule has 1 saturated heterocycles. The lowest BCUT2D eigenvalue weighted by Crippen LogP contribution is -2.38. The molecule has 9 heteroatoms. The number of fused-ring (bicyclic) bond motifs is 1. The number of aryl methyl sites for hydroxylation is 1. The van der Waals surface area contributed by atoms with E-state index in [4.69, 9.17) is 24.7 Å². The van der Waals surface area contributed by atoms with Crippen molar-refractivity contribution in [2.24, 2.45) is 5.73 Å². The highest BCUT2D eigenvalue weighted by Crippen LogP contribution is 2.42. The van der Waals surface area contributed by atoms with Gasteiger partial charge in [-0.2, -0.15) is 5.26 Å². The standard InChI is InChI=1S/C25H30N4O5/c1-16-13-21-23(25(30)29(16)8-4-7-28-9-11-33-12-10-28)22(18(15-26)24(27)34-21)17-5-6-19(31-2)20(14-17)32-3/h5-6,13-14,22H,4,7-12,27H2,1-3H3/t22-/m1/s1. The van der Waals surface area contributed by atoms with Crippen LogP contribution in [0.1, 0.15) is 29.2 Å². The van der Waals surface area contributed by atoms with Crippen LogP contribution in [0.2, 0.25) is 0 Å². The van der Waals surface area contributed by atoms with Gasteiger partial charge in [0.2, 0.25) is 5.88 Å². The number of pyridine rings is 1. The molecule has 180 valence electrons. The van der Waals surface area contributed by atoms with Gasteiger partial charge in [0.15, 0.2) is 11.5 Å². The zero-order chi connectivity index (χ0) is 24.2. The number of nitrogens with zero attached hydrogens (tertiary/aromatic N) is 3. The smallest absolute Gasteiger partial charge is 0.258 e. The zero-order valence-corrected chi connectivity index (χ0v) is 19.8. The van der Waals surface area contributed by atoms with Gasteiger partial charge in [-0.15, -0.1) is 0 Å². The van der Waals surface area contributed by atoms with Gasteiger partial charge in [0.25, 0.3) is 5.56 Å². The van der Waals surface area contributed by atoms with Crippen molar-refractivity contribution in [2.75, 3.05) is 47.1 Å². The maximum Gasteiger partial charge on any atom is 0.258 e. The van der Waals surface area contributed by atoms with E-state index in [-0.39, 0.29) is 17.0 Å². The number of ether oxygens (including phenoxy) is 4.